The molecule has 23 heavy (non-hydrogen) atoms. The fraction of sp³-hybridized carbons (Fsp3) is 0.611. The number of aliphatic hydroxyl groups excluding tert-OH is 1. The number of hydrogen-bond donors (Lipinski definition) is 3. The van der Waals surface area contributed by atoms with Gasteiger partial charge in [0.25, 0.3) is 0 Å². The SMILES string of the molecule is COc1ccc(C(NC(=O)NC(C)(CO)C2CC2)C2CC2)cc1. The molecule has 0 radical (unpaired) electrons. The van der Waals surface area contributed by atoms with Gasteiger partial charge in [0.05, 0.1) is 25.3 Å². The van der Waals surface area contributed by atoms with E-state index in [0.717, 1.165) is 37.0 Å². The minimum atomic E-state index is -0.516. The van der Waals surface area contributed by atoms with E-state index in [-0.39, 0.29) is 18.7 Å². The summed E-state index contributed by atoms with van der Waals surface area (Å²) in [6.45, 7) is 1.89. The Bertz CT molecular complexity index is 552. The molecule has 0 spiro atoms. The summed E-state index contributed by atoms with van der Waals surface area (Å²) in [7, 11) is 1.65. The first-order valence-corrected chi connectivity index (χ1v) is 8.39. The number of ether oxygens (including phenoxy) is 1. The Balaban J connectivity index is 1.65. The highest BCUT2D eigenvalue weighted by atomic mass is 16.5. The molecule has 126 valence electrons. The Morgan fingerprint density at radius 2 is 1.96 bits per heavy atom. The summed E-state index contributed by atoms with van der Waals surface area (Å²) in [5.74, 6) is 1.70. The molecule has 1 aromatic rings. The standard InChI is InChI=1S/C18H26N2O3/c1-18(11-21,14-7-8-14)20-17(22)19-16(12-3-4-12)13-5-9-15(23-2)10-6-13/h5-6,9-10,12,14,16,21H,3-4,7-8,11H2,1-2H3,(H2,19,20,22). The molecule has 2 atom stereocenters. The molecule has 0 heterocycles. The van der Waals surface area contributed by atoms with Crippen molar-refractivity contribution in [1.82, 2.24) is 10.6 Å². The normalized spacial score (nSPS) is 21.2. The molecule has 2 aliphatic rings. The molecular weight excluding hydrogens is 292 g/mol. The van der Waals surface area contributed by atoms with Crippen LogP contribution in [-0.2, 0) is 0 Å². The highest BCUT2D eigenvalue weighted by Gasteiger charge is 2.43. The van der Waals surface area contributed by atoms with E-state index in [9.17, 15) is 9.90 Å². The van der Waals surface area contributed by atoms with E-state index in [1.807, 2.05) is 31.2 Å². The molecule has 3 N–H and O–H groups in total. The summed E-state index contributed by atoms with van der Waals surface area (Å²) in [5, 5.41) is 15.7. The third-order valence-corrected chi connectivity index (χ3v) is 5.06. The minimum absolute atomic E-state index is 0.0167. The average molecular weight is 318 g/mol. The van der Waals surface area contributed by atoms with Crippen molar-refractivity contribution in [2.24, 2.45) is 11.8 Å². The van der Waals surface area contributed by atoms with Crippen LogP contribution in [0.4, 0.5) is 4.79 Å². The monoisotopic (exact) mass is 318 g/mol. The molecule has 3 rings (SSSR count). The van der Waals surface area contributed by atoms with Gasteiger partial charge >= 0.3 is 6.03 Å². The lowest BCUT2D eigenvalue weighted by Crippen LogP contribution is -2.54. The Hall–Kier alpha value is -1.75. The predicted molar refractivity (Wildman–Crippen MR) is 88.3 cm³/mol. The summed E-state index contributed by atoms with van der Waals surface area (Å²) in [4.78, 5) is 12.4. The van der Waals surface area contributed by atoms with Crippen molar-refractivity contribution in [3.63, 3.8) is 0 Å². The molecule has 2 saturated carbocycles. The van der Waals surface area contributed by atoms with Gasteiger partial charge in [0.2, 0.25) is 0 Å². The quantitative estimate of drug-likeness (QED) is 0.724. The van der Waals surface area contributed by atoms with Crippen LogP contribution >= 0.6 is 0 Å². The van der Waals surface area contributed by atoms with Crippen molar-refractivity contribution < 1.29 is 14.6 Å². The van der Waals surface area contributed by atoms with Crippen molar-refractivity contribution in [1.29, 1.82) is 0 Å². The van der Waals surface area contributed by atoms with Crippen molar-refractivity contribution in [2.45, 2.75) is 44.2 Å². The van der Waals surface area contributed by atoms with Gasteiger partial charge in [-0.05, 0) is 62.1 Å². The van der Waals surface area contributed by atoms with Gasteiger partial charge in [0.1, 0.15) is 5.75 Å². The Morgan fingerprint density at radius 3 is 2.43 bits per heavy atom. The molecule has 0 aromatic heterocycles. The van der Waals surface area contributed by atoms with Crippen LogP contribution in [0.25, 0.3) is 0 Å². The fourth-order valence-corrected chi connectivity index (χ4v) is 3.14. The maximum Gasteiger partial charge on any atom is 0.315 e. The molecule has 5 heteroatoms. The summed E-state index contributed by atoms with van der Waals surface area (Å²) in [6, 6.07) is 7.69. The number of aliphatic hydroxyl groups is 1. The predicted octanol–water partition coefficient (Wildman–Crippen LogP) is 2.61. The van der Waals surface area contributed by atoms with E-state index < -0.39 is 5.54 Å². The largest absolute Gasteiger partial charge is 0.497 e. The first-order valence-electron chi connectivity index (χ1n) is 8.39. The highest BCUT2D eigenvalue weighted by Crippen LogP contribution is 2.42. The number of amides is 2. The molecule has 2 aliphatic carbocycles. The molecule has 0 saturated heterocycles. The van der Waals surface area contributed by atoms with E-state index in [1.54, 1.807) is 7.11 Å². The lowest BCUT2D eigenvalue weighted by Gasteiger charge is -2.30. The first kappa shape index (κ1) is 16.1. The zero-order valence-corrected chi connectivity index (χ0v) is 13.8. The molecular formula is C18H26N2O3. The van der Waals surface area contributed by atoms with E-state index in [1.165, 1.54) is 0 Å². The van der Waals surface area contributed by atoms with Crippen LogP contribution in [0.3, 0.4) is 0 Å². The average Bonchev–Trinajstić information content (AvgIpc) is 3.43. The summed E-state index contributed by atoms with van der Waals surface area (Å²) in [5.41, 5.74) is 0.582. The zero-order chi connectivity index (χ0) is 16.4. The molecule has 1 aromatic carbocycles. The van der Waals surface area contributed by atoms with Crippen molar-refractivity contribution in [2.75, 3.05) is 13.7 Å². The first-order chi connectivity index (χ1) is 11.1. The van der Waals surface area contributed by atoms with Crippen LogP contribution in [0.15, 0.2) is 24.3 Å². The Kier molecular flexibility index (Phi) is 4.48. The van der Waals surface area contributed by atoms with E-state index in [0.29, 0.717) is 11.8 Å². The topological polar surface area (TPSA) is 70.6 Å². The third-order valence-electron chi connectivity index (χ3n) is 5.06. The number of methoxy groups -OCH3 is 1. The van der Waals surface area contributed by atoms with Crippen molar-refractivity contribution in [3.8, 4) is 5.75 Å². The molecule has 5 nitrogen and oxygen atoms in total. The van der Waals surface area contributed by atoms with Gasteiger partial charge in [0.15, 0.2) is 0 Å². The lowest BCUT2D eigenvalue weighted by atomic mass is 9.97. The summed E-state index contributed by atoms with van der Waals surface area (Å²) < 4.78 is 5.19. The summed E-state index contributed by atoms with van der Waals surface area (Å²) in [6.07, 6.45) is 4.41. The molecule has 2 fully saturated rings. The minimum Gasteiger partial charge on any atom is -0.497 e. The van der Waals surface area contributed by atoms with Gasteiger partial charge in [-0.2, -0.15) is 0 Å². The Morgan fingerprint density at radius 1 is 1.30 bits per heavy atom. The van der Waals surface area contributed by atoms with Gasteiger partial charge in [-0.1, -0.05) is 12.1 Å². The van der Waals surface area contributed by atoms with Crippen molar-refractivity contribution in [3.05, 3.63) is 29.8 Å². The second kappa shape index (κ2) is 6.40. The second-order valence-electron chi connectivity index (χ2n) is 7.04. The third kappa shape index (κ3) is 3.78. The van der Waals surface area contributed by atoms with Crippen LogP contribution in [0.5, 0.6) is 5.75 Å². The lowest BCUT2D eigenvalue weighted by molar-refractivity contribution is 0.153. The number of hydrogen-bond acceptors (Lipinski definition) is 3. The maximum atomic E-state index is 12.4. The highest BCUT2D eigenvalue weighted by molar-refractivity contribution is 5.75. The molecule has 0 aliphatic heterocycles. The number of nitrogens with one attached hydrogen (secondary N) is 2. The van der Waals surface area contributed by atoms with Gasteiger partial charge in [-0.25, -0.2) is 4.79 Å². The van der Waals surface area contributed by atoms with Gasteiger partial charge in [-0.3, -0.25) is 0 Å². The molecule has 2 unspecified atom stereocenters. The van der Waals surface area contributed by atoms with E-state index >= 15 is 0 Å². The van der Waals surface area contributed by atoms with E-state index in [2.05, 4.69) is 10.6 Å². The second-order valence-corrected chi connectivity index (χ2v) is 7.04. The number of benzene rings is 1. The Labute approximate surface area is 137 Å². The number of carbonyl (C=O) groups excluding carboxylic acids is 1. The van der Waals surface area contributed by atoms with Gasteiger partial charge in [0, 0.05) is 0 Å². The van der Waals surface area contributed by atoms with E-state index in [4.69, 9.17) is 4.74 Å². The number of urea groups is 1. The molecule has 0 bridgehead atoms. The smallest absolute Gasteiger partial charge is 0.315 e. The number of carbonyl (C=O) groups is 1. The van der Waals surface area contributed by atoms with Crippen LogP contribution in [0.1, 0.15) is 44.2 Å². The van der Waals surface area contributed by atoms with Gasteiger partial charge < -0.3 is 20.5 Å². The van der Waals surface area contributed by atoms with Crippen LogP contribution in [-0.4, -0.2) is 30.4 Å². The fourth-order valence-electron chi connectivity index (χ4n) is 3.14. The van der Waals surface area contributed by atoms with Crippen LogP contribution < -0.4 is 15.4 Å². The summed E-state index contributed by atoms with van der Waals surface area (Å²) >= 11 is 0. The molecule has 2 amide bonds. The van der Waals surface area contributed by atoms with Crippen LogP contribution in [0, 0.1) is 11.8 Å². The van der Waals surface area contributed by atoms with Gasteiger partial charge in [-0.15, -0.1) is 0 Å². The van der Waals surface area contributed by atoms with Crippen LogP contribution in [0.2, 0.25) is 0 Å². The zero-order valence-electron chi connectivity index (χ0n) is 13.8. The maximum absolute atomic E-state index is 12.4. The number of rotatable bonds is 7. The van der Waals surface area contributed by atoms with Crippen molar-refractivity contribution >= 4 is 6.03 Å².